The zero-order chi connectivity index (χ0) is 20.0. The normalized spacial score (nSPS) is 22.0. The molecule has 1 aromatic carbocycles. The molecule has 1 aliphatic carbocycles. The molecule has 0 aliphatic heterocycles. The molecule has 0 N–H and O–H groups in total. The highest BCUT2D eigenvalue weighted by molar-refractivity contribution is 5.20. The van der Waals surface area contributed by atoms with Gasteiger partial charge in [-0.3, -0.25) is 0 Å². The molecule has 1 nitrogen and oxygen atoms in total. The number of rotatable bonds is 14. The first kappa shape index (κ1) is 23.2. The fourth-order valence-corrected chi connectivity index (χ4v) is 5.00. The molecule has 0 radical (unpaired) electrons. The van der Waals surface area contributed by atoms with Gasteiger partial charge in [0.05, 0.1) is 0 Å². The van der Waals surface area contributed by atoms with Gasteiger partial charge < -0.3 is 4.74 Å². The lowest BCUT2D eigenvalue weighted by atomic mass is 9.72. The van der Waals surface area contributed by atoms with Crippen molar-refractivity contribution in [2.24, 2.45) is 17.8 Å². The third-order valence-corrected chi connectivity index (χ3v) is 6.67. The van der Waals surface area contributed by atoms with E-state index in [2.05, 4.69) is 13.8 Å². The minimum atomic E-state index is -0.854. The fourth-order valence-electron chi connectivity index (χ4n) is 5.00. The molecule has 0 aromatic heterocycles. The molecule has 0 bridgehead atoms. The van der Waals surface area contributed by atoms with Gasteiger partial charge in [0.2, 0.25) is 0 Å². The van der Waals surface area contributed by atoms with Crippen LogP contribution in [0.5, 0.6) is 5.75 Å². The average molecular weight is 391 g/mol. The second kappa shape index (κ2) is 14.0. The van der Waals surface area contributed by atoms with Crippen molar-refractivity contribution in [1.82, 2.24) is 0 Å². The standard InChI is InChI=1S/C26H43FO/c1-3-5-6-7-9-13-22-16-18-23(19-17-22)24(12-4-2)20-25(27)21-28-26-14-10-8-11-15-26/h8,10-11,14-15,22-25H,3-7,9,12-13,16-21H2,1-2H3/t22-,23-,24?,25?. The number of unbranched alkanes of at least 4 members (excludes halogenated alkanes) is 4. The molecular weight excluding hydrogens is 347 g/mol. The van der Waals surface area contributed by atoms with Gasteiger partial charge in [-0.25, -0.2) is 4.39 Å². The summed E-state index contributed by atoms with van der Waals surface area (Å²) in [5.41, 5.74) is 0. The van der Waals surface area contributed by atoms with E-state index in [9.17, 15) is 4.39 Å². The van der Waals surface area contributed by atoms with Crippen molar-refractivity contribution < 1.29 is 9.13 Å². The molecule has 160 valence electrons. The van der Waals surface area contributed by atoms with E-state index in [-0.39, 0.29) is 6.61 Å². The average Bonchev–Trinajstić information content (AvgIpc) is 2.73. The number of benzene rings is 1. The molecular formula is C26H43FO. The van der Waals surface area contributed by atoms with Gasteiger partial charge in [-0.2, -0.15) is 0 Å². The lowest BCUT2D eigenvalue weighted by Crippen LogP contribution is -2.26. The predicted molar refractivity (Wildman–Crippen MR) is 119 cm³/mol. The first-order valence-electron chi connectivity index (χ1n) is 12.0. The van der Waals surface area contributed by atoms with Crippen molar-refractivity contribution in [3.05, 3.63) is 30.3 Å². The van der Waals surface area contributed by atoms with Crippen LogP contribution < -0.4 is 4.74 Å². The highest BCUT2D eigenvalue weighted by atomic mass is 19.1. The summed E-state index contributed by atoms with van der Waals surface area (Å²) in [5, 5.41) is 0. The van der Waals surface area contributed by atoms with Crippen molar-refractivity contribution in [1.29, 1.82) is 0 Å². The Morgan fingerprint density at radius 2 is 1.64 bits per heavy atom. The molecule has 1 aliphatic rings. The number of hydrogen-bond acceptors (Lipinski definition) is 1. The summed E-state index contributed by atoms with van der Waals surface area (Å²) in [6, 6.07) is 9.63. The van der Waals surface area contributed by atoms with Crippen LogP contribution in [0, 0.1) is 17.8 Å². The van der Waals surface area contributed by atoms with E-state index in [1.807, 2.05) is 30.3 Å². The first-order chi connectivity index (χ1) is 13.7. The first-order valence-corrected chi connectivity index (χ1v) is 12.0. The third kappa shape index (κ3) is 8.97. The van der Waals surface area contributed by atoms with Crippen LogP contribution in [-0.2, 0) is 0 Å². The minimum Gasteiger partial charge on any atom is -0.491 e. The minimum absolute atomic E-state index is 0.192. The Labute approximate surface area is 173 Å². The molecule has 28 heavy (non-hydrogen) atoms. The van der Waals surface area contributed by atoms with Gasteiger partial charge in [-0.05, 0) is 49.1 Å². The molecule has 2 atom stereocenters. The van der Waals surface area contributed by atoms with Crippen molar-refractivity contribution in [2.75, 3.05) is 6.61 Å². The van der Waals surface area contributed by atoms with Crippen LogP contribution in [-0.4, -0.2) is 12.8 Å². The van der Waals surface area contributed by atoms with Crippen molar-refractivity contribution in [3.63, 3.8) is 0 Å². The topological polar surface area (TPSA) is 9.23 Å². The van der Waals surface area contributed by atoms with E-state index in [4.69, 9.17) is 4.74 Å². The van der Waals surface area contributed by atoms with Crippen LogP contribution in [0.1, 0.15) is 97.3 Å². The number of ether oxygens (including phenoxy) is 1. The summed E-state index contributed by atoms with van der Waals surface area (Å²) in [6.07, 6.45) is 15.9. The van der Waals surface area contributed by atoms with E-state index in [0.717, 1.165) is 30.4 Å². The molecule has 0 spiro atoms. The Balaban J connectivity index is 1.68. The fraction of sp³-hybridized carbons (Fsp3) is 0.769. The van der Waals surface area contributed by atoms with Crippen LogP contribution in [0.3, 0.4) is 0 Å². The summed E-state index contributed by atoms with van der Waals surface area (Å²) in [4.78, 5) is 0. The lowest BCUT2D eigenvalue weighted by Gasteiger charge is -2.34. The van der Waals surface area contributed by atoms with E-state index in [1.165, 1.54) is 64.2 Å². The molecule has 2 unspecified atom stereocenters. The molecule has 2 rings (SSSR count). The van der Waals surface area contributed by atoms with Crippen LogP contribution >= 0.6 is 0 Å². The largest absolute Gasteiger partial charge is 0.491 e. The Hall–Kier alpha value is -1.05. The smallest absolute Gasteiger partial charge is 0.134 e. The molecule has 1 aromatic rings. The maximum Gasteiger partial charge on any atom is 0.134 e. The summed E-state index contributed by atoms with van der Waals surface area (Å²) in [6.45, 7) is 4.71. The SMILES string of the molecule is CCCCCCC[C@H]1CC[C@H](C(CCC)CC(F)COc2ccccc2)CC1. The van der Waals surface area contributed by atoms with Gasteiger partial charge in [-0.1, -0.05) is 96.3 Å². The maximum absolute atomic E-state index is 14.6. The van der Waals surface area contributed by atoms with Crippen LogP contribution in [0.4, 0.5) is 4.39 Å². The van der Waals surface area contributed by atoms with Gasteiger partial charge in [-0.15, -0.1) is 0 Å². The van der Waals surface area contributed by atoms with Crippen LogP contribution in [0.2, 0.25) is 0 Å². The number of hydrogen-bond donors (Lipinski definition) is 0. The third-order valence-electron chi connectivity index (χ3n) is 6.67. The van der Waals surface area contributed by atoms with Gasteiger partial charge in [0, 0.05) is 0 Å². The summed E-state index contributed by atoms with van der Waals surface area (Å²) in [7, 11) is 0. The molecule has 2 heteroatoms. The Kier molecular flexibility index (Phi) is 11.6. The van der Waals surface area contributed by atoms with E-state index >= 15 is 0 Å². The maximum atomic E-state index is 14.6. The zero-order valence-electron chi connectivity index (χ0n) is 18.4. The Morgan fingerprint density at radius 1 is 0.929 bits per heavy atom. The molecule has 1 fully saturated rings. The van der Waals surface area contributed by atoms with E-state index < -0.39 is 6.17 Å². The Bertz CT molecular complexity index is 480. The van der Waals surface area contributed by atoms with E-state index in [0.29, 0.717) is 12.3 Å². The lowest BCUT2D eigenvalue weighted by molar-refractivity contribution is 0.120. The summed E-state index contributed by atoms with van der Waals surface area (Å²) >= 11 is 0. The van der Waals surface area contributed by atoms with Crippen LogP contribution in [0.15, 0.2) is 30.3 Å². The second-order valence-electron chi connectivity index (χ2n) is 8.99. The zero-order valence-corrected chi connectivity index (χ0v) is 18.4. The molecule has 0 heterocycles. The molecule has 0 amide bonds. The predicted octanol–water partition coefficient (Wildman–Crippen LogP) is 8.38. The Morgan fingerprint density at radius 3 is 2.32 bits per heavy atom. The monoisotopic (exact) mass is 390 g/mol. The quantitative estimate of drug-likeness (QED) is 0.290. The second-order valence-corrected chi connectivity index (χ2v) is 8.99. The van der Waals surface area contributed by atoms with Gasteiger partial charge in [0.1, 0.15) is 18.5 Å². The highest BCUT2D eigenvalue weighted by Gasteiger charge is 2.29. The molecule has 0 saturated heterocycles. The van der Waals surface area contributed by atoms with Gasteiger partial charge in [0.25, 0.3) is 0 Å². The van der Waals surface area contributed by atoms with Crippen molar-refractivity contribution in [2.45, 2.75) is 103 Å². The number of alkyl halides is 1. The molecule has 1 saturated carbocycles. The van der Waals surface area contributed by atoms with Crippen molar-refractivity contribution in [3.8, 4) is 5.75 Å². The number of para-hydroxylation sites is 1. The van der Waals surface area contributed by atoms with Gasteiger partial charge in [0.15, 0.2) is 0 Å². The number of halogens is 1. The highest BCUT2D eigenvalue weighted by Crippen LogP contribution is 2.39. The van der Waals surface area contributed by atoms with Gasteiger partial charge >= 0.3 is 0 Å². The summed E-state index contributed by atoms with van der Waals surface area (Å²) in [5.74, 6) is 2.97. The van der Waals surface area contributed by atoms with E-state index in [1.54, 1.807) is 0 Å². The summed E-state index contributed by atoms with van der Waals surface area (Å²) < 4.78 is 20.3. The van der Waals surface area contributed by atoms with Crippen LogP contribution in [0.25, 0.3) is 0 Å². The van der Waals surface area contributed by atoms with Crippen molar-refractivity contribution >= 4 is 0 Å².